The molecule has 18 aromatic rings. The van der Waals surface area contributed by atoms with Crippen molar-refractivity contribution in [1.29, 1.82) is 0 Å². The van der Waals surface area contributed by atoms with Crippen LogP contribution in [0.15, 0.2) is 300 Å². The molecule has 0 unspecified atom stereocenters. The molecule has 0 aliphatic carbocycles. The molecule has 5 heteroatoms. The molecule has 0 aliphatic heterocycles. The number of nitrogens with zero attached hydrogens (tertiary/aromatic N) is 3. The van der Waals surface area contributed by atoms with Crippen molar-refractivity contribution in [3.63, 3.8) is 0 Å². The van der Waals surface area contributed by atoms with Crippen LogP contribution in [0.2, 0.25) is 0 Å². The highest BCUT2D eigenvalue weighted by Gasteiger charge is 2.27. The molecule has 0 aliphatic rings. The van der Waals surface area contributed by atoms with Crippen molar-refractivity contribution in [1.82, 2.24) is 4.40 Å². The number of benzene rings is 14. The Morgan fingerprint density at radius 3 is 1.20 bits per heavy atom. The lowest BCUT2D eigenvalue weighted by Gasteiger charge is -2.28. The highest BCUT2D eigenvalue weighted by Crippen LogP contribution is 2.50. The fraction of sp³-hybridized carbons (Fsp3) is 0.0476. The molecule has 89 heavy (non-hydrogen) atoms. The number of hydrogen-bond acceptors (Lipinski definition) is 4. The minimum absolute atomic E-state index is 0.0386. The van der Waals surface area contributed by atoms with Gasteiger partial charge in [-0.15, -0.1) is 0 Å². The van der Waals surface area contributed by atoms with Gasteiger partial charge in [-0.3, -0.25) is 0 Å². The van der Waals surface area contributed by atoms with Gasteiger partial charge < -0.3 is 23.0 Å². The third kappa shape index (κ3) is 8.02. The molecule has 0 saturated heterocycles. The Balaban J connectivity index is 0.882. The van der Waals surface area contributed by atoms with Crippen molar-refractivity contribution in [2.45, 2.75) is 26.2 Å². The molecule has 0 radical (unpaired) electrons. The summed E-state index contributed by atoms with van der Waals surface area (Å²) in [6, 6.07) is 106. The number of hydrogen-bond donors (Lipinski definition) is 0. The van der Waals surface area contributed by atoms with E-state index in [0.29, 0.717) is 0 Å². The average Bonchev–Trinajstić information content (AvgIpc) is 1.56. The van der Waals surface area contributed by atoms with Crippen LogP contribution in [0, 0.1) is 0 Å². The van der Waals surface area contributed by atoms with E-state index in [0.717, 1.165) is 122 Å². The van der Waals surface area contributed by atoms with Gasteiger partial charge in [-0.05, 0) is 152 Å². The van der Waals surface area contributed by atoms with E-state index in [1.807, 2.05) is 12.1 Å². The number of anilines is 6. The van der Waals surface area contributed by atoms with E-state index < -0.39 is 0 Å². The molecule has 0 saturated carbocycles. The number of aromatic nitrogens is 1. The molecule has 4 heterocycles. The SMILES string of the molecule is CC(C)(C)c1ccc(-c2cc3c4cc5ccc(N(c6ccccc6-c6ccccc6)c6cccc7c6oc6ccccc67)cc5cc4n4c5cc6cc(N(c7ccccc7-c7ccccc7)c7cccc8c7oc7ccccc78)ccc6cc5c(c2)c34)cc1. The fourth-order valence-corrected chi connectivity index (χ4v) is 14.3. The lowest BCUT2D eigenvalue weighted by atomic mass is 9.86. The number of fused-ring (bicyclic) bond motifs is 14. The minimum atomic E-state index is 0.0386. The largest absolute Gasteiger partial charge is 0.454 e. The van der Waals surface area contributed by atoms with Gasteiger partial charge in [0.15, 0.2) is 11.2 Å². The predicted octanol–water partition coefficient (Wildman–Crippen LogP) is 24.2. The smallest absolute Gasteiger partial charge is 0.159 e. The molecule has 5 nitrogen and oxygen atoms in total. The molecular formula is C84H57N3O2. The van der Waals surface area contributed by atoms with Crippen molar-refractivity contribution in [2.24, 2.45) is 0 Å². The quantitative estimate of drug-likeness (QED) is 0.144. The topological polar surface area (TPSA) is 37.2 Å². The normalized spacial score (nSPS) is 12.2. The highest BCUT2D eigenvalue weighted by atomic mass is 16.3. The van der Waals surface area contributed by atoms with E-state index in [-0.39, 0.29) is 5.41 Å². The molecular weight excluding hydrogens is 1080 g/mol. The maximum atomic E-state index is 6.86. The summed E-state index contributed by atoms with van der Waals surface area (Å²) < 4.78 is 16.3. The lowest BCUT2D eigenvalue weighted by Crippen LogP contribution is -2.11. The first-order chi connectivity index (χ1) is 43.8. The maximum absolute atomic E-state index is 6.86. The van der Waals surface area contributed by atoms with Crippen LogP contribution in [0.25, 0.3) is 137 Å². The van der Waals surface area contributed by atoms with Gasteiger partial charge in [-0.25, -0.2) is 0 Å². The fourth-order valence-electron chi connectivity index (χ4n) is 14.3. The lowest BCUT2D eigenvalue weighted by molar-refractivity contribution is 0.590. The molecule has 0 N–H and O–H groups in total. The third-order valence-electron chi connectivity index (χ3n) is 18.6. The van der Waals surface area contributed by atoms with Gasteiger partial charge in [0.25, 0.3) is 0 Å². The van der Waals surface area contributed by atoms with Gasteiger partial charge in [0.1, 0.15) is 11.2 Å². The number of furan rings is 2. The van der Waals surface area contributed by atoms with Crippen molar-refractivity contribution in [3.8, 4) is 33.4 Å². The summed E-state index contributed by atoms with van der Waals surface area (Å²) in [5.41, 5.74) is 21.4. The first-order valence-electron chi connectivity index (χ1n) is 30.7. The Bertz CT molecular complexity index is 5520. The van der Waals surface area contributed by atoms with Gasteiger partial charge in [-0.2, -0.15) is 0 Å². The Kier molecular flexibility index (Phi) is 11.2. The Labute approximate surface area is 514 Å². The standard InChI is InChI=1S/C84H57N3O2/c1-84(2,3)60-40-36-52(37-41-60)59-48-71-69-46-55-38-42-61(85(73-30-14-10-24-63(73)53-20-6-4-7-21-53)75-32-18-28-67-65-26-12-16-34-79(65)88-82(67)75)44-57(55)50-77(69)87-78-51-58-45-62(43-39-56(58)47-70(78)72(49-59)81(71)87)86(74-31-15-11-25-64(74)54-22-8-5-9-23-54)76-33-19-29-68-66-27-13-17-35-80(66)89-83(68)76/h4-51H,1-3H3. The van der Waals surface area contributed by atoms with Crippen LogP contribution in [0.5, 0.6) is 0 Å². The Morgan fingerprint density at radius 1 is 0.292 bits per heavy atom. The van der Waals surface area contributed by atoms with Gasteiger partial charge in [0.05, 0.1) is 39.3 Å². The number of para-hydroxylation sites is 6. The van der Waals surface area contributed by atoms with Crippen LogP contribution in [0.4, 0.5) is 34.1 Å². The van der Waals surface area contributed by atoms with Gasteiger partial charge in [0.2, 0.25) is 0 Å². The first-order valence-corrected chi connectivity index (χ1v) is 30.7. The molecule has 18 rings (SSSR count). The molecule has 0 atom stereocenters. The van der Waals surface area contributed by atoms with Crippen LogP contribution < -0.4 is 9.80 Å². The maximum Gasteiger partial charge on any atom is 0.159 e. The summed E-state index contributed by atoms with van der Waals surface area (Å²) in [5, 5.41) is 13.9. The summed E-state index contributed by atoms with van der Waals surface area (Å²) >= 11 is 0. The molecule has 4 aromatic heterocycles. The Hall–Kier alpha value is -11.4. The van der Waals surface area contributed by atoms with Crippen molar-refractivity contribution in [3.05, 3.63) is 297 Å². The summed E-state index contributed by atoms with van der Waals surface area (Å²) in [5.74, 6) is 0. The number of rotatable bonds is 9. The second-order valence-corrected chi connectivity index (χ2v) is 24.8. The third-order valence-corrected chi connectivity index (χ3v) is 18.6. The van der Waals surface area contributed by atoms with Crippen molar-refractivity contribution < 1.29 is 8.83 Å². The molecule has 0 amide bonds. The van der Waals surface area contributed by atoms with Gasteiger partial charge in [-0.1, -0.05) is 215 Å². The second kappa shape index (κ2) is 19.6. The van der Waals surface area contributed by atoms with Gasteiger partial charge >= 0.3 is 0 Å². The molecule has 420 valence electrons. The van der Waals surface area contributed by atoms with Crippen LogP contribution in [-0.2, 0) is 5.41 Å². The first kappa shape index (κ1) is 50.9. The zero-order valence-corrected chi connectivity index (χ0v) is 49.4. The van der Waals surface area contributed by atoms with Gasteiger partial charge in [0, 0.05) is 65.6 Å². The molecule has 0 spiro atoms. The van der Waals surface area contributed by atoms with E-state index in [1.165, 1.54) is 54.5 Å². The summed E-state index contributed by atoms with van der Waals surface area (Å²) in [4.78, 5) is 4.80. The van der Waals surface area contributed by atoms with E-state index in [1.54, 1.807) is 0 Å². The molecule has 0 bridgehead atoms. The average molecular weight is 1140 g/mol. The van der Waals surface area contributed by atoms with E-state index in [9.17, 15) is 0 Å². The molecule has 14 aromatic carbocycles. The predicted molar refractivity (Wildman–Crippen MR) is 375 cm³/mol. The van der Waals surface area contributed by atoms with Crippen LogP contribution in [0.3, 0.4) is 0 Å². The second-order valence-electron chi connectivity index (χ2n) is 24.8. The van der Waals surface area contributed by atoms with E-state index in [4.69, 9.17) is 8.83 Å². The van der Waals surface area contributed by atoms with Crippen molar-refractivity contribution >= 4 is 138 Å². The van der Waals surface area contributed by atoms with Crippen LogP contribution in [0.1, 0.15) is 26.3 Å². The highest BCUT2D eigenvalue weighted by molar-refractivity contribution is 6.27. The van der Waals surface area contributed by atoms with Crippen molar-refractivity contribution in [2.75, 3.05) is 9.80 Å². The van der Waals surface area contributed by atoms with Crippen LogP contribution >= 0.6 is 0 Å². The molecule has 0 fully saturated rings. The zero-order valence-electron chi connectivity index (χ0n) is 49.4. The Morgan fingerprint density at radius 2 is 0.719 bits per heavy atom. The van der Waals surface area contributed by atoms with E-state index in [2.05, 4.69) is 314 Å². The minimum Gasteiger partial charge on any atom is -0.454 e. The zero-order chi connectivity index (χ0) is 59.1. The van der Waals surface area contributed by atoms with E-state index >= 15 is 0 Å². The summed E-state index contributed by atoms with van der Waals surface area (Å²) in [7, 11) is 0. The monoisotopic (exact) mass is 1140 g/mol. The summed E-state index contributed by atoms with van der Waals surface area (Å²) in [6.07, 6.45) is 0. The summed E-state index contributed by atoms with van der Waals surface area (Å²) in [6.45, 7) is 6.85. The van der Waals surface area contributed by atoms with Crippen LogP contribution in [-0.4, -0.2) is 4.40 Å².